The molecule has 0 atom stereocenters. The summed E-state index contributed by atoms with van der Waals surface area (Å²) in [6, 6.07) is 41.7. The normalized spacial score (nSPS) is 13.6. The Bertz CT molecular complexity index is 2780. The number of carboxylic acid groups (broad SMARTS) is 1. The van der Waals surface area contributed by atoms with Gasteiger partial charge in [-0.1, -0.05) is 84.9 Å². The summed E-state index contributed by atoms with van der Waals surface area (Å²) in [7, 11) is 1.43. The van der Waals surface area contributed by atoms with Crippen molar-refractivity contribution in [3.8, 4) is 0 Å². The first-order valence-corrected chi connectivity index (χ1v) is 20.4. The van der Waals surface area contributed by atoms with E-state index in [9.17, 15) is 14.7 Å². The number of methoxy groups -OCH3 is 1. The molecule has 4 heterocycles. The summed E-state index contributed by atoms with van der Waals surface area (Å²) < 4.78 is 9.53. The smallest absolute Gasteiger partial charge is 0.339 e. The van der Waals surface area contributed by atoms with Crippen molar-refractivity contribution in [1.82, 2.24) is 19.1 Å². The summed E-state index contributed by atoms with van der Waals surface area (Å²) in [5.41, 5.74) is 11.6. The maximum absolute atomic E-state index is 12.4. The van der Waals surface area contributed by atoms with E-state index in [1.165, 1.54) is 47.4 Å². The highest BCUT2D eigenvalue weighted by Crippen LogP contribution is 2.41. The van der Waals surface area contributed by atoms with Crippen molar-refractivity contribution < 1.29 is 19.4 Å². The second-order valence-electron chi connectivity index (χ2n) is 15.9. The van der Waals surface area contributed by atoms with Crippen LogP contribution in [0.3, 0.4) is 0 Å². The predicted molar refractivity (Wildman–Crippen MR) is 231 cm³/mol. The average Bonchev–Trinajstić information content (AvgIpc) is 4.22. The molecule has 0 spiro atoms. The quantitative estimate of drug-likeness (QED) is 0.124. The number of hydrogen-bond acceptors (Lipinski definition) is 5. The third kappa shape index (κ3) is 8.72. The number of ether oxygens (including phenoxy) is 1. The van der Waals surface area contributed by atoms with Crippen LogP contribution in [0, 0.1) is 0 Å². The number of carbonyl (C=O) groups is 2. The zero-order chi connectivity index (χ0) is 40.3. The van der Waals surface area contributed by atoms with E-state index in [1.807, 2.05) is 36.7 Å². The average molecular weight is 779 g/mol. The highest BCUT2D eigenvalue weighted by molar-refractivity contribution is 5.91. The van der Waals surface area contributed by atoms with Crippen LogP contribution >= 0.6 is 0 Å². The van der Waals surface area contributed by atoms with Crippen molar-refractivity contribution in [2.45, 2.75) is 63.5 Å². The van der Waals surface area contributed by atoms with Crippen LogP contribution in [0.1, 0.15) is 103 Å². The molecule has 0 radical (unpaired) electrons. The lowest BCUT2D eigenvalue weighted by atomic mass is 10.0. The molecule has 2 aliphatic carbocycles. The van der Waals surface area contributed by atoms with E-state index in [2.05, 4.69) is 129 Å². The Hall–Kier alpha value is -6.80. The molecule has 1 N–H and O–H groups in total. The first kappa shape index (κ1) is 37.8. The van der Waals surface area contributed by atoms with Crippen molar-refractivity contribution >= 4 is 33.7 Å². The molecule has 0 saturated heterocycles. The number of nitrogens with zero attached hydrogens (tertiary/aromatic N) is 4. The third-order valence-corrected chi connectivity index (χ3v) is 11.5. The number of aromatic nitrogens is 4. The lowest BCUT2D eigenvalue weighted by Crippen LogP contribution is -2.09. The number of fused-ring (bicyclic) bond motifs is 2. The number of benzene rings is 4. The summed E-state index contributed by atoms with van der Waals surface area (Å²) in [4.78, 5) is 33.4. The zero-order valence-corrected chi connectivity index (χ0v) is 33.1. The largest absolute Gasteiger partial charge is 0.478 e. The molecule has 2 saturated carbocycles. The molecule has 4 aromatic heterocycles. The van der Waals surface area contributed by atoms with Crippen LogP contribution in [0.15, 0.2) is 146 Å². The standard InChI is InChI=1S/C26H24N2O2.C25H22N2O2/c1-30-26(29)23-15-22(20-9-10-20)16-27-24(23)13-19-7-8-21-11-12-28(25(21)14-19)17-18-5-3-2-4-6-18;28-25(29)22-14-21(19-8-9-19)15-26-23(22)12-18-6-7-20-10-11-27(24(20)13-18)16-17-4-2-1-3-5-17/h2-8,11-12,14-16,20H,9-10,13,17H2,1H3;1-7,10-11,13-15,19H,8-9,12,16H2,(H,28,29). The van der Waals surface area contributed by atoms with Crippen LogP contribution in [0.5, 0.6) is 0 Å². The molecule has 0 amide bonds. The van der Waals surface area contributed by atoms with Crippen molar-refractivity contribution in [1.29, 1.82) is 0 Å². The van der Waals surface area contributed by atoms with Crippen molar-refractivity contribution in [3.63, 3.8) is 0 Å². The number of esters is 1. The van der Waals surface area contributed by atoms with Crippen molar-refractivity contribution in [2.75, 3.05) is 7.11 Å². The van der Waals surface area contributed by atoms with E-state index in [0.717, 1.165) is 59.4 Å². The van der Waals surface area contributed by atoms with Crippen LogP contribution in [0.2, 0.25) is 0 Å². The summed E-state index contributed by atoms with van der Waals surface area (Å²) in [5.74, 6) is -0.170. The van der Waals surface area contributed by atoms with E-state index < -0.39 is 5.97 Å². The molecule has 0 unspecified atom stereocenters. The number of aromatic carboxylic acids is 1. The maximum Gasteiger partial charge on any atom is 0.339 e. The molecular formula is C51H46N4O4. The topological polar surface area (TPSA) is 99.2 Å². The van der Waals surface area contributed by atoms with Gasteiger partial charge in [-0.2, -0.15) is 0 Å². The van der Waals surface area contributed by atoms with Crippen LogP contribution < -0.4 is 0 Å². The fourth-order valence-corrected chi connectivity index (χ4v) is 7.95. The van der Waals surface area contributed by atoms with Gasteiger partial charge in [-0.05, 0) is 118 Å². The van der Waals surface area contributed by atoms with E-state index in [1.54, 1.807) is 0 Å². The van der Waals surface area contributed by atoms with Crippen LogP contribution in [-0.4, -0.2) is 43.3 Å². The molecule has 8 heteroatoms. The maximum atomic E-state index is 12.4. The molecule has 8 nitrogen and oxygen atoms in total. The van der Waals surface area contributed by atoms with Gasteiger partial charge in [-0.15, -0.1) is 0 Å². The van der Waals surface area contributed by atoms with Gasteiger partial charge < -0.3 is 19.0 Å². The Morgan fingerprint density at radius 1 is 0.593 bits per heavy atom. The Balaban J connectivity index is 0.000000152. The van der Waals surface area contributed by atoms with E-state index in [-0.39, 0.29) is 5.97 Å². The lowest BCUT2D eigenvalue weighted by molar-refractivity contribution is 0.0598. The molecule has 59 heavy (non-hydrogen) atoms. The van der Waals surface area contributed by atoms with Gasteiger partial charge in [0.05, 0.1) is 29.6 Å². The monoisotopic (exact) mass is 778 g/mol. The van der Waals surface area contributed by atoms with Gasteiger partial charge in [0.25, 0.3) is 0 Å². The first-order chi connectivity index (χ1) is 28.9. The summed E-state index contributed by atoms with van der Waals surface area (Å²) >= 11 is 0. The SMILES string of the molecule is COC(=O)c1cc(C2CC2)cnc1Cc1ccc2ccn(Cc3ccccc3)c2c1.O=C(O)c1cc(C2CC2)cnc1Cc1ccc2ccn(Cc3ccccc3)c2c1. The molecule has 8 aromatic rings. The van der Waals surface area contributed by atoms with E-state index >= 15 is 0 Å². The highest BCUT2D eigenvalue weighted by Gasteiger charge is 2.27. The van der Waals surface area contributed by atoms with Gasteiger partial charge in [0, 0.05) is 61.8 Å². The summed E-state index contributed by atoms with van der Waals surface area (Å²) in [6.07, 6.45) is 13.8. The summed E-state index contributed by atoms with van der Waals surface area (Å²) in [5, 5.41) is 12.1. The molecule has 10 rings (SSSR count). The number of carbonyl (C=O) groups excluding carboxylic acids is 1. The first-order valence-electron chi connectivity index (χ1n) is 20.4. The Morgan fingerprint density at radius 2 is 1.05 bits per heavy atom. The summed E-state index contributed by atoms with van der Waals surface area (Å²) in [6.45, 7) is 1.64. The number of hydrogen-bond donors (Lipinski definition) is 1. The van der Waals surface area contributed by atoms with Gasteiger partial charge in [0.2, 0.25) is 0 Å². The van der Waals surface area contributed by atoms with Crippen molar-refractivity contribution in [3.05, 3.63) is 202 Å². The van der Waals surface area contributed by atoms with E-state index in [0.29, 0.717) is 41.5 Å². The Morgan fingerprint density at radius 3 is 1.49 bits per heavy atom. The molecule has 294 valence electrons. The molecule has 2 fully saturated rings. The van der Waals surface area contributed by atoms with Gasteiger partial charge in [-0.25, -0.2) is 9.59 Å². The van der Waals surface area contributed by atoms with Gasteiger partial charge in [-0.3, -0.25) is 9.97 Å². The molecular weight excluding hydrogens is 733 g/mol. The zero-order valence-electron chi connectivity index (χ0n) is 33.1. The van der Waals surface area contributed by atoms with Crippen LogP contribution in [0.25, 0.3) is 21.8 Å². The molecule has 2 aliphatic rings. The van der Waals surface area contributed by atoms with Gasteiger partial charge >= 0.3 is 11.9 Å². The minimum absolute atomic E-state index is 0.312. The van der Waals surface area contributed by atoms with Crippen LogP contribution in [-0.2, 0) is 30.7 Å². The van der Waals surface area contributed by atoms with Gasteiger partial charge in [0.1, 0.15) is 0 Å². The Kier molecular flexibility index (Phi) is 10.6. The van der Waals surface area contributed by atoms with Gasteiger partial charge in [0.15, 0.2) is 0 Å². The van der Waals surface area contributed by atoms with Crippen LogP contribution in [0.4, 0.5) is 0 Å². The fraction of sp³-hybridized carbons (Fsp3) is 0.216. The predicted octanol–water partition coefficient (Wildman–Crippen LogP) is 10.6. The molecule has 4 aromatic carbocycles. The highest BCUT2D eigenvalue weighted by atomic mass is 16.5. The molecule has 0 aliphatic heterocycles. The molecule has 0 bridgehead atoms. The Labute approximate surface area is 343 Å². The second-order valence-corrected chi connectivity index (χ2v) is 15.9. The number of rotatable bonds is 12. The fourth-order valence-electron chi connectivity index (χ4n) is 7.95. The lowest BCUT2D eigenvalue weighted by Gasteiger charge is -2.11. The third-order valence-electron chi connectivity index (χ3n) is 11.5. The minimum atomic E-state index is -0.900. The van der Waals surface area contributed by atoms with E-state index in [4.69, 9.17) is 4.74 Å². The second kappa shape index (κ2) is 16.6. The number of pyridine rings is 2. The number of carboxylic acids is 1. The van der Waals surface area contributed by atoms with Crippen molar-refractivity contribution in [2.24, 2.45) is 0 Å². The minimum Gasteiger partial charge on any atom is -0.478 e.